The summed E-state index contributed by atoms with van der Waals surface area (Å²) in [6.45, 7) is 1.59. The minimum atomic E-state index is -1.15. The first-order chi connectivity index (χ1) is 17.4. The van der Waals surface area contributed by atoms with E-state index in [0.717, 1.165) is 37.1 Å². The highest BCUT2D eigenvalue weighted by molar-refractivity contribution is 6.61. The van der Waals surface area contributed by atoms with E-state index >= 15 is 0 Å². The lowest BCUT2D eigenvalue weighted by Gasteiger charge is -2.16. The van der Waals surface area contributed by atoms with Crippen LogP contribution in [-0.2, 0) is 17.6 Å². The summed E-state index contributed by atoms with van der Waals surface area (Å²) >= 11 is 0. The largest absolute Gasteiger partial charge is 0.505 e. The van der Waals surface area contributed by atoms with Gasteiger partial charge in [0.1, 0.15) is 23.0 Å². The van der Waals surface area contributed by atoms with Gasteiger partial charge >= 0.3 is 5.97 Å². The molecule has 8 nitrogen and oxygen atoms in total. The molecule has 0 unspecified atom stereocenters. The molecule has 0 aromatic heterocycles. The van der Waals surface area contributed by atoms with Crippen LogP contribution < -0.4 is 10.9 Å². The molecule has 0 amide bonds. The van der Waals surface area contributed by atoms with Crippen molar-refractivity contribution in [2.45, 2.75) is 32.6 Å². The molecule has 0 aliphatic heterocycles. The highest BCUT2D eigenvalue weighted by Gasteiger charge is 2.15. The highest BCUT2D eigenvalue weighted by atomic mass is 19.1. The van der Waals surface area contributed by atoms with E-state index in [4.69, 9.17) is 0 Å². The van der Waals surface area contributed by atoms with Gasteiger partial charge in [-0.15, -0.1) is 0 Å². The number of aryl methyl sites for hydroxylation is 2. The SMILES string of the molecule is CC(=N/Nc1ccc2c(c1)CCCC2)/C(C=O)=N/Nc1cc(F)cc(-c2cccc(C(=O)O)c2)c1O. The van der Waals surface area contributed by atoms with Crippen molar-refractivity contribution in [3.05, 3.63) is 77.1 Å². The van der Waals surface area contributed by atoms with Crippen molar-refractivity contribution in [3.8, 4) is 16.9 Å². The third-order valence-corrected chi connectivity index (χ3v) is 5.98. The van der Waals surface area contributed by atoms with E-state index in [1.807, 2.05) is 12.1 Å². The van der Waals surface area contributed by atoms with Gasteiger partial charge in [-0.1, -0.05) is 18.2 Å². The standard InChI is InChI=1S/C27H25FN4O4/c1-16(29-30-22-10-9-17-5-2-3-6-18(17)12-22)25(15-33)32-31-24-14-21(28)13-23(26(24)34)19-7-4-8-20(11-19)27(35)36/h4,7-15,30-31,34H,2-3,5-6H2,1H3,(H,35,36)/b29-16-,32-25+. The van der Waals surface area contributed by atoms with Crippen LogP contribution in [0.2, 0.25) is 0 Å². The monoisotopic (exact) mass is 488 g/mol. The quantitative estimate of drug-likeness (QED) is 0.149. The second-order valence-corrected chi connectivity index (χ2v) is 8.46. The van der Waals surface area contributed by atoms with Gasteiger partial charge in [0, 0.05) is 11.6 Å². The van der Waals surface area contributed by atoms with Gasteiger partial charge in [-0.2, -0.15) is 10.2 Å². The molecular formula is C27H25FN4O4. The Morgan fingerprint density at radius 3 is 2.53 bits per heavy atom. The summed E-state index contributed by atoms with van der Waals surface area (Å²) in [6, 6.07) is 13.9. The molecule has 4 N–H and O–H groups in total. The fraction of sp³-hybridized carbons (Fsp3) is 0.185. The summed E-state index contributed by atoms with van der Waals surface area (Å²) in [6.07, 6.45) is 4.95. The number of fused-ring (bicyclic) bond motifs is 1. The second kappa shape index (κ2) is 10.8. The van der Waals surface area contributed by atoms with Crippen molar-refractivity contribution >= 4 is 35.1 Å². The van der Waals surface area contributed by atoms with Crippen LogP contribution in [0.1, 0.15) is 41.3 Å². The Morgan fingerprint density at radius 2 is 1.78 bits per heavy atom. The Morgan fingerprint density at radius 1 is 1.00 bits per heavy atom. The molecular weight excluding hydrogens is 463 g/mol. The Bertz CT molecular complexity index is 1380. The number of aromatic carboxylic acids is 1. The number of aromatic hydroxyl groups is 1. The number of hydrogen-bond acceptors (Lipinski definition) is 7. The van der Waals surface area contributed by atoms with Crippen LogP contribution in [0.5, 0.6) is 5.75 Å². The minimum absolute atomic E-state index is 0.00908. The Balaban J connectivity index is 1.55. The molecule has 3 aromatic carbocycles. The molecule has 36 heavy (non-hydrogen) atoms. The van der Waals surface area contributed by atoms with Gasteiger partial charge in [0.05, 0.1) is 17.0 Å². The maximum Gasteiger partial charge on any atom is 0.335 e. The predicted molar refractivity (Wildman–Crippen MR) is 137 cm³/mol. The normalized spacial score (nSPS) is 13.6. The molecule has 0 heterocycles. The molecule has 1 aliphatic carbocycles. The Hall–Kier alpha value is -4.53. The fourth-order valence-electron chi connectivity index (χ4n) is 4.05. The number of carbonyl (C=O) groups excluding carboxylic acids is 1. The van der Waals surface area contributed by atoms with Crippen molar-refractivity contribution < 1.29 is 24.2 Å². The van der Waals surface area contributed by atoms with Crippen molar-refractivity contribution in [1.29, 1.82) is 0 Å². The molecule has 184 valence electrons. The zero-order chi connectivity index (χ0) is 25.7. The van der Waals surface area contributed by atoms with E-state index in [2.05, 4.69) is 27.1 Å². The average molecular weight is 489 g/mol. The van der Waals surface area contributed by atoms with Crippen LogP contribution in [0.25, 0.3) is 11.1 Å². The van der Waals surface area contributed by atoms with Gasteiger partial charge < -0.3 is 10.2 Å². The number of hydrogen-bond donors (Lipinski definition) is 4. The van der Waals surface area contributed by atoms with E-state index in [-0.39, 0.29) is 34.0 Å². The van der Waals surface area contributed by atoms with Crippen molar-refractivity contribution in [1.82, 2.24) is 0 Å². The van der Waals surface area contributed by atoms with Crippen LogP contribution in [0.15, 0.2) is 64.8 Å². The third-order valence-electron chi connectivity index (χ3n) is 5.98. The molecule has 0 fully saturated rings. The van der Waals surface area contributed by atoms with E-state index in [1.54, 1.807) is 13.0 Å². The van der Waals surface area contributed by atoms with E-state index in [0.29, 0.717) is 11.8 Å². The maximum absolute atomic E-state index is 14.3. The van der Waals surface area contributed by atoms with Gasteiger partial charge in [0.2, 0.25) is 0 Å². The average Bonchev–Trinajstić information content (AvgIpc) is 2.89. The fourth-order valence-corrected chi connectivity index (χ4v) is 4.05. The molecule has 1 aliphatic rings. The van der Waals surface area contributed by atoms with E-state index in [9.17, 15) is 24.2 Å². The highest BCUT2D eigenvalue weighted by Crippen LogP contribution is 2.37. The summed E-state index contributed by atoms with van der Waals surface area (Å²) in [5.41, 5.74) is 9.37. The molecule has 0 saturated carbocycles. The first kappa shape index (κ1) is 24.6. The van der Waals surface area contributed by atoms with Crippen LogP contribution >= 0.6 is 0 Å². The van der Waals surface area contributed by atoms with E-state index < -0.39 is 11.8 Å². The van der Waals surface area contributed by atoms with Gasteiger partial charge in [-0.05, 0) is 79.6 Å². The number of benzene rings is 3. The number of anilines is 2. The minimum Gasteiger partial charge on any atom is -0.505 e. The number of carboxylic acid groups (broad SMARTS) is 1. The van der Waals surface area contributed by atoms with Crippen LogP contribution in [-0.4, -0.2) is 33.9 Å². The number of carbonyl (C=O) groups is 2. The van der Waals surface area contributed by atoms with Crippen LogP contribution in [0.4, 0.5) is 15.8 Å². The van der Waals surface area contributed by atoms with Gasteiger partial charge in [-0.25, -0.2) is 9.18 Å². The molecule has 0 atom stereocenters. The molecule has 0 radical (unpaired) electrons. The van der Waals surface area contributed by atoms with Crippen molar-refractivity contribution in [2.24, 2.45) is 10.2 Å². The number of nitrogens with one attached hydrogen (secondary N) is 2. The van der Waals surface area contributed by atoms with Crippen LogP contribution in [0, 0.1) is 5.82 Å². The smallest absolute Gasteiger partial charge is 0.335 e. The summed E-state index contributed by atoms with van der Waals surface area (Å²) in [7, 11) is 0. The molecule has 4 rings (SSSR count). The summed E-state index contributed by atoms with van der Waals surface area (Å²) < 4.78 is 14.3. The number of nitrogens with zero attached hydrogens (tertiary/aromatic N) is 2. The summed E-state index contributed by atoms with van der Waals surface area (Å²) in [4.78, 5) is 22.9. The topological polar surface area (TPSA) is 123 Å². The maximum atomic E-state index is 14.3. The Labute approximate surface area is 207 Å². The molecule has 0 spiro atoms. The Kier molecular flexibility index (Phi) is 7.39. The number of halogens is 1. The van der Waals surface area contributed by atoms with Crippen LogP contribution in [0.3, 0.4) is 0 Å². The molecule has 3 aromatic rings. The van der Waals surface area contributed by atoms with Gasteiger partial charge in [-0.3, -0.25) is 15.6 Å². The second-order valence-electron chi connectivity index (χ2n) is 8.46. The number of phenols is 1. The first-order valence-electron chi connectivity index (χ1n) is 11.4. The van der Waals surface area contributed by atoms with Crippen molar-refractivity contribution in [3.63, 3.8) is 0 Å². The summed E-state index contributed by atoms with van der Waals surface area (Å²) in [5, 5.41) is 28.1. The number of aldehydes is 1. The third kappa shape index (κ3) is 5.57. The first-order valence-corrected chi connectivity index (χ1v) is 11.4. The van der Waals surface area contributed by atoms with E-state index in [1.165, 1.54) is 35.7 Å². The lowest BCUT2D eigenvalue weighted by molar-refractivity contribution is -0.102. The summed E-state index contributed by atoms with van der Waals surface area (Å²) in [5.74, 6) is -2.19. The lowest BCUT2D eigenvalue weighted by atomic mass is 9.91. The lowest BCUT2D eigenvalue weighted by Crippen LogP contribution is -2.16. The predicted octanol–water partition coefficient (Wildman–Crippen LogP) is 5.23. The molecule has 0 bridgehead atoms. The van der Waals surface area contributed by atoms with Gasteiger partial charge in [0.15, 0.2) is 6.29 Å². The number of phenolic OH excluding ortho intramolecular Hbond substituents is 1. The molecule has 0 saturated heterocycles. The zero-order valence-electron chi connectivity index (χ0n) is 19.6. The number of hydrazone groups is 2. The van der Waals surface area contributed by atoms with Crippen molar-refractivity contribution in [2.75, 3.05) is 10.9 Å². The number of rotatable bonds is 8. The number of carboxylic acids is 1. The van der Waals surface area contributed by atoms with Gasteiger partial charge in [0.25, 0.3) is 0 Å². The molecule has 9 heteroatoms. The zero-order valence-corrected chi connectivity index (χ0v) is 19.6.